The Balaban J connectivity index is 3.22. The molecule has 0 bridgehead atoms. The predicted octanol–water partition coefficient (Wildman–Crippen LogP) is 1.02. The third kappa shape index (κ3) is 1.43. The van der Waals surface area contributed by atoms with Crippen molar-refractivity contribution in [3.8, 4) is 5.75 Å². The summed E-state index contributed by atoms with van der Waals surface area (Å²) < 4.78 is 0. The number of phenolic OH excluding ortho intramolecular Hbond substituents is 1. The van der Waals surface area contributed by atoms with Gasteiger partial charge >= 0.3 is 0 Å². The van der Waals surface area contributed by atoms with E-state index in [9.17, 15) is 9.59 Å². The first kappa shape index (κ1) is 7.47. The molecule has 56 valence electrons. The van der Waals surface area contributed by atoms with E-state index in [1.165, 1.54) is 18.2 Å². The molecule has 1 rings (SSSR count). The Morgan fingerprint density at radius 1 is 1.18 bits per heavy atom. The highest BCUT2D eigenvalue weighted by atomic mass is 16.3. The third-order valence-electron chi connectivity index (χ3n) is 1.31. The van der Waals surface area contributed by atoms with Gasteiger partial charge in [-0.1, -0.05) is 0 Å². The summed E-state index contributed by atoms with van der Waals surface area (Å²) in [5.74, 6) is -0.106. The van der Waals surface area contributed by atoms with Gasteiger partial charge in [0, 0.05) is 5.56 Å². The first-order valence-corrected chi connectivity index (χ1v) is 3.01. The molecular weight excluding hydrogens is 150 g/mol. The van der Waals surface area contributed by atoms with Gasteiger partial charge in [-0.2, -0.15) is 0 Å². The molecule has 0 spiro atoms. The zero-order chi connectivity index (χ0) is 8.27. The van der Waals surface area contributed by atoms with E-state index in [1.807, 2.05) is 0 Å². The molecule has 3 heteroatoms. The maximum atomic E-state index is 10.2. The SMILES string of the molecule is O=C[13c]1[13cH][13cH][13c](O)[13c](C=O)[13cH]1. The van der Waals surface area contributed by atoms with E-state index >= 15 is 0 Å². The second-order valence-electron chi connectivity index (χ2n) is 2.05. The second kappa shape index (κ2) is 2.96. The van der Waals surface area contributed by atoms with Gasteiger partial charge in [-0.05, 0) is 18.2 Å². The molecule has 3 nitrogen and oxygen atoms in total. The van der Waals surface area contributed by atoms with E-state index in [4.69, 9.17) is 5.11 Å². The Labute approximate surface area is 63.3 Å². The van der Waals surface area contributed by atoms with Gasteiger partial charge < -0.3 is 5.11 Å². The van der Waals surface area contributed by atoms with Crippen LogP contribution in [0.1, 0.15) is 20.7 Å². The fourth-order valence-corrected chi connectivity index (χ4v) is 0.741. The van der Waals surface area contributed by atoms with Crippen molar-refractivity contribution in [1.29, 1.82) is 0 Å². The van der Waals surface area contributed by atoms with Crippen LogP contribution in [0.15, 0.2) is 18.2 Å². The lowest BCUT2D eigenvalue weighted by Crippen LogP contribution is -1.85. The van der Waals surface area contributed by atoms with Crippen molar-refractivity contribution >= 4 is 12.6 Å². The summed E-state index contributed by atoms with van der Waals surface area (Å²) in [7, 11) is 0. The van der Waals surface area contributed by atoms with Gasteiger partial charge in [0.1, 0.15) is 12.0 Å². The monoisotopic (exact) mass is 156 g/mol. The van der Waals surface area contributed by atoms with Crippen LogP contribution >= 0.6 is 0 Å². The lowest BCUT2D eigenvalue weighted by molar-refractivity contribution is 0.112. The number of phenols is 1. The Morgan fingerprint density at radius 3 is 2.45 bits per heavy atom. The molecule has 0 aliphatic carbocycles. The normalized spacial score (nSPS) is 9.09. The Hall–Kier alpha value is -1.64. The van der Waals surface area contributed by atoms with E-state index < -0.39 is 0 Å². The summed E-state index contributed by atoms with van der Waals surface area (Å²) in [6.07, 6.45) is 1.12. The molecule has 0 fully saturated rings. The molecule has 0 unspecified atom stereocenters. The molecule has 0 saturated carbocycles. The smallest absolute Gasteiger partial charge is 0.153 e. The minimum atomic E-state index is -0.106. The average molecular weight is 156 g/mol. The van der Waals surface area contributed by atoms with Crippen LogP contribution in [-0.2, 0) is 0 Å². The van der Waals surface area contributed by atoms with Crippen molar-refractivity contribution in [2.75, 3.05) is 0 Å². The lowest BCUT2D eigenvalue weighted by Gasteiger charge is -1.95. The Bertz CT molecular complexity index is 291. The Morgan fingerprint density at radius 2 is 1.91 bits per heavy atom. The second-order valence-corrected chi connectivity index (χ2v) is 2.05. The van der Waals surface area contributed by atoms with Crippen molar-refractivity contribution in [2.45, 2.75) is 0 Å². The maximum absolute atomic E-state index is 10.2. The van der Waals surface area contributed by atoms with E-state index in [0.29, 0.717) is 18.1 Å². The van der Waals surface area contributed by atoms with Crippen molar-refractivity contribution < 1.29 is 14.7 Å². The molecule has 0 saturated heterocycles. The fraction of sp³-hybridized carbons (Fsp3) is 0. The van der Waals surface area contributed by atoms with Crippen molar-refractivity contribution in [3.63, 3.8) is 0 Å². The number of benzene rings is 1. The van der Waals surface area contributed by atoms with Crippen LogP contribution in [0.25, 0.3) is 0 Å². The van der Waals surface area contributed by atoms with Crippen molar-refractivity contribution in [2.24, 2.45) is 0 Å². The van der Waals surface area contributed by atoms with Crippen LogP contribution in [0.2, 0.25) is 0 Å². The van der Waals surface area contributed by atoms with Crippen LogP contribution in [0, 0.1) is 0 Å². The molecule has 1 aromatic carbocycles. The van der Waals surface area contributed by atoms with Crippen molar-refractivity contribution in [1.82, 2.24) is 0 Å². The summed E-state index contributed by atoms with van der Waals surface area (Å²) in [5, 5.41) is 8.98. The molecule has 0 amide bonds. The lowest BCUT2D eigenvalue weighted by atomic mass is 10.9. The topological polar surface area (TPSA) is 54.4 Å². The third-order valence-corrected chi connectivity index (χ3v) is 1.31. The summed E-state index contributed by atoms with van der Waals surface area (Å²) in [4.78, 5) is 20.4. The number of carbonyl (C=O) groups excluding carboxylic acids is 2. The van der Waals surface area contributed by atoms with Gasteiger partial charge in [0.15, 0.2) is 6.29 Å². The number of aromatic hydroxyl groups is 1. The van der Waals surface area contributed by atoms with E-state index in [-0.39, 0.29) is 11.3 Å². The molecule has 1 N–H and O–H groups in total. The van der Waals surface area contributed by atoms with Gasteiger partial charge in [0.25, 0.3) is 0 Å². The number of carbonyl (C=O) groups is 2. The first-order chi connectivity index (χ1) is 5.27. The average Bonchev–Trinajstić information content (AvgIpc) is 2.05. The van der Waals surface area contributed by atoms with Crippen LogP contribution in [0.3, 0.4) is 0 Å². The highest BCUT2D eigenvalue weighted by Crippen LogP contribution is 2.14. The largest absolute Gasteiger partial charge is 0.507 e. The molecule has 1 aromatic rings. The van der Waals surface area contributed by atoms with Gasteiger partial charge in [0.2, 0.25) is 0 Å². The zero-order valence-corrected chi connectivity index (χ0v) is 5.65. The Kier molecular flexibility index (Phi) is 2.01. The van der Waals surface area contributed by atoms with Crippen LogP contribution in [-0.4, -0.2) is 17.7 Å². The van der Waals surface area contributed by atoms with E-state index in [2.05, 4.69) is 0 Å². The molecule has 0 aliphatic heterocycles. The molecule has 11 heavy (non-hydrogen) atoms. The number of rotatable bonds is 2. The van der Waals surface area contributed by atoms with Gasteiger partial charge in [-0.15, -0.1) is 0 Å². The highest BCUT2D eigenvalue weighted by molar-refractivity contribution is 5.84. The number of hydrogen-bond acceptors (Lipinski definition) is 3. The van der Waals surface area contributed by atoms with Crippen LogP contribution in [0.4, 0.5) is 0 Å². The standard InChI is InChI=1S/C8H6O3/c9-4-6-1-2-8(11)7(3-6)5-10/h1-5,11H/i1+1,2+1,3+1,6+1,7+1,8+1. The van der Waals surface area contributed by atoms with E-state index in [1.54, 1.807) is 0 Å². The number of aldehydes is 2. The quantitative estimate of drug-likeness (QED) is 0.650. The molecule has 0 aliphatic rings. The molecule has 0 atom stereocenters. The molecular formula is C8H6O3. The number of hydrogen-bond donors (Lipinski definition) is 1. The van der Waals surface area contributed by atoms with Gasteiger partial charge in [-0.25, -0.2) is 0 Å². The van der Waals surface area contributed by atoms with Crippen molar-refractivity contribution in [3.05, 3.63) is 29.3 Å². The van der Waals surface area contributed by atoms with E-state index in [0.717, 1.165) is 0 Å². The summed E-state index contributed by atoms with van der Waals surface area (Å²) >= 11 is 0. The maximum Gasteiger partial charge on any atom is 0.153 e. The fourth-order valence-electron chi connectivity index (χ4n) is 0.741. The predicted molar refractivity (Wildman–Crippen MR) is 38.9 cm³/mol. The molecule has 0 radical (unpaired) electrons. The first-order valence-electron chi connectivity index (χ1n) is 3.01. The minimum Gasteiger partial charge on any atom is -0.507 e. The highest BCUT2D eigenvalue weighted by Gasteiger charge is 1.99. The van der Waals surface area contributed by atoms with Gasteiger partial charge in [0.05, 0.1) is 5.56 Å². The summed E-state index contributed by atoms with van der Waals surface area (Å²) in [6, 6.07) is 4.08. The minimum absolute atomic E-state index is 0.106. The zero-order valence-electron chi connectivity index (χ0n) is 5.65. The van der Waals surface area contributed by atoms with Gasteiger partial charge in [-0.3, -0.25) is 9.59 Å². The van der Waals surface area contributed by atoms with Crippen LogP contribution in [0.5, 0.6) is 5.75 Å². The summed E-state index contributed by atoms with van der Waals surface area (Å²) in [6.45, 7) is 0. The molecule has 0 aromatic heterocycles. The van der Waals surface area contributed by atoms with Crippen LogP contribution < -0.4 is 0 Å². The molecule has 0 heterocycles. The summed E-state index contributed by atoms with van der Waals surface area (Å²) in [5.41, 5.74) is 0.513.